The van der Waals surface area contributed by atoms with E-state index in [1.165, 1.54) is 11.3 Å². The fourth-order valence-electron chi connectivity index (χ4n) is 1.11. The molecule has 5 nitrogen and oxygen atoms in total. The number of nitrogens with zero attached hydrogens (tertiary/aromatic N) is 4. The zero-order valence-corrected chi connectivity index (χ0v) is 9.50. The summed E-state index contributed by atoms with van der Waals surface area (Å²) in [5, 5.41) is 11.8. The van der Waals surface area contributed by atoms with Gasteiger partial charge >= 0.3 is 0 Å². The van der Waals surface area contributed by atoms with E-state index in [0.29, 0.717) is 0 Å². The molecule has 0 aliphatic rings. The van der Waals surface area contributed by atoms with Crippen LogP contribution in [0.15, 0.2) is 18.6 Å². The molecule has 0 aromatic carbocycles. The van der Waals surface area contributed by atoms with E-state index in [4.69, 9.17) is 11.6 Å². The van der Waals surface area contributed by atoms with Crippen LogP contribution in [-0.2, 0) is 13.1 Å². The summed E-state index contributed by atoms with van der Waals surface area (Å²) in [6, 6.07) is 0. The van der Waals surface area contributed by atoms with Crippen LogP contribution in [0.3, 0.4) is 0 Å². The highest BCUT2D eigenvalue weighted by Crippen LogP contribution is 2.17. The molecular weight excluding hydrogens is 234 g/mol. The molecule has 0 atom stereocenters. The van der Waals surface area contributed by atoms with Crippen molar-refractivity contribution in [1.82, 2.24) is 25.3 Å². The van der Waals surface area contributed by atoms with Crippen LogP contribution in [0.25, 0.3) is 0 Å². The molecule has 15 heavy (non-hydrogen) atoms. The van der Waals surface area contributed by atoms with Crippen LogP contribution >= 0.6 is 22.9 Å². The van der Waals surface area contributed by atoms with Crippen molar-refractivity contribution in [2.75, 3.05) is 6.54 Å². The first kappa shape index (κ1) is 10.5. The Bertz CT molecular complexity index is 399. The Balaban J connectivity index is 1.67. The average Bonchev–Trinajstić information content (AvgIpc) is 2.84. The molecule has 1 N–H and O–H groups in total. The van der Waals surface area contributed by atoms with Gasteiger partial charge in [-0.15, -0.1) is 16.4 Å². The number of thiazole rings is 1. The molecule has 2 rings (SSSR count). The number of hydrogen-bond donors (Lipinski definition) is 1. The first-order valence-corrected chi connectivity index (χ1v) is 5.69. The molecule has 0 fully saturated rings. The lowest BCUT2D eigenvalue weighted by Gasteiger charge is -2.01. The summed E-state index contributed by atoms with van der Waals surface area (Å²) in [6.07, 6.45) is 5.17. The largest absolute Gasteiger partial charge is 0.309 e. The van der Waals surface area contributed by atoms with Crippen molar-refractivity contribution in [3.05, 3.63) is 27.9 Å². The summed E-state index contributed by atoms with van der Waals surface area (Å²) in [6.45, 7) is 2.38. The van der Waals surface area contributed by atoms with Crippen LogP contribution in [-0.4, -0.2) is 26.5 Å². The molecule has 0 aliphatic carbocycles. The van der Waals surface area contributed by atoms with E-state index in [1.807, 2.05) is 6.20 Å². The normalized spacial score (nSPS) is 10.7. The van der Waals surface area contributed by atoms with Gasteiger partial charge in [0.05, 0.1) is 18.9 Å². The lowest BCUT2D eigenvalue weighted by Crippen LogP contribution is -2.19. The maximum Gasteiger partial charge on any atom is 0.113 e. The summed E-state index contributed by atoms with van der Waals surface area (Å²) >= 11 is 7.25. The van der Waals surface area contributed by atoms with Gasteiger partial charge in [0.25, 0.3) is 0 Å². The molecule has 0 radical (unpaired) electrons. The summed E-state index contributed by atoms with van der Waals surface area (Å²) in [5.74, 6) is 0. The van der Waals surface area contributed by atoms with E-state index in [1.54, 1.807) is 17.1 Å². The lowest BCUT2D eigenvalue weighted by molar-refractivity contribution is 0.539. The molecule has 7 heteroatoms. The first-order valence-electron chi connectivity index (χ1n) is 4.49. The van der Waals surface area contributed by atoms with Crippen molar-refractivity contribution in [1.29, 1.82) is 0 Å². The van der Waals surface area contributed by atoms with E-state index in [2.05, 4.69) is 20.6 Å². The molecule has 2 heterocycles. The predicted molar refractivity (Wildman–Crippen MR) is 58.9 cm³/mol. The van der Waals surface area contributed by atoms with Crippen molar-refractivity contribution >= 4 is 22.9 Å². The topological polar surface area (TPSA) is 55.6 Å². The highest BCUT2D eigenvalue weighted by molar-refractivity contribution is 7.15. The Morgan fingerprint density at radius 3 is 3.13 bits per heavy atom. The molecule has 2 aromatic rings. The minimum Gasteiger partial charge on any atom is -0.309 e. The summed E-state index contributed by atoms with van der Waals surface area (Å²) in [7, 11) is 0. The number of rotatable bonds is 5. The SMILES string of the molecule is Clc1cnc(CNCCn2ccnn2)s1. The van der Waals surface area contributed by atoms with Crippen molar-refractivity contribution in [2.24, 2.45) is 0 Å². The smallest absolute Gasteiger partial charge is 0.113 e. The maximum atomic E-state index is 5.76. The van der Waals surface area contributed by atoms with Gasteiger partial charge in [-0.1, -0.05) is 16.8 Å². The predicted octanol–water partition coefficient (Wildman–Crippen LogP) is 1.18. The summed E-state index contributed by atoms with van der Waals surface area (Å²) in [4.78, 5) is 4.14. The van der Waals surface area contributed by atoms with E-state index in [-0.39, 0.29) is 0 Å². The molecule has 0 aliphatic heterocycles. The Hall–Kier alpha value is -0.980. The molecule has 2 aromatic heterocycles. The van der Waals surface area contributed by atoms with Gasteiger partial charge < -0.3 is 5.32 Å². The molecule has 0 bridgehead atoms. The van der Waals surface area contributed by atoms with E-state index < -0.39 is 0 Å². The molecular formula is C8H10ClN5S. The number of hydrogen-bond acceptors (Lipinski definition) is 5. The second-order valence-corrected chi connectivity index (χ2v) is 4.65. The van der Waals surface area contributed by atoms with Crippen molar-refractivity contribution in [3.8, 4) is 0 Å². The quantitative estimate of drug-likeness (QED) is 0.802. The van der Waals surface area contributed by atoms with Crippen LogP contribution < -0.4 is 5.32 Å². The molecule has 0 spiro atoms. The standard InChI is InChI=1S/C8H10ClN5S/c9-7-5-11-8(15-7)6-10-1-3-14-4-2-12-13-14/h2,4-5,10H,1,3,6H2. The van der Waals surface area contributed by atoms with Crippen molar-refractivity contribution in [2.45, 2.75) is 13.1 Å². The van der Waals surface area contributed by atoms with Gasteiger partial charge in [-0.3, -0.25) is 4.68 Å². The van der Waals surface area contributed by atoms with Gasteiger partial charge in [0.15, 0.2) is 0 Å². The highest BCUT2D eigenvalue weighted by atomic mass is 35.5. The second kappa shape index (κ2) is 5.20. The van der Waals surface area contributed by atoms with Gasteiger partial charge in [0.2, 0.25) is 0 Å². The zero-order chi connectivity index (χ0) is 10.5. The molecule has 80 valence electrons. The third-order valence-electron chi connectivity index (χ3n) is 1.79. The van der Waals surface area contributed by atoms with Crippen LogP contribution in [0.5, 0.6) is 0 Å². The van der Waals surface area contributed by atoms with E-state index in [0.717, 1.165) is 29.0 Å². The van der Waals surface area contributed by atoms with Gasteiger partial charge in [0.1, 0.15) is 9.34 Å². The van der Waals surface area contributed by atoms with Gasteiger partial charge in [0, 0.05) is 19.3 Å². The van der Waals surface area contributed by atoms with Crippen molar-refractivity contribution in [3.63, 3.8) is 0 Å². The van der Waals surface area contributed by atoms with Crippen molar-refractivity contribution < 1.29 is 0 Å². The first-order chi connectivity index (χ1) is 7.34. The van der Waals surface area contributed by atoms with E-state index in [9.17, 15) is 0 Å². The van der Waals surface area contributed by atoms with Gasteiger partial charge in [-0.2, -0.15) is 0 Å². The summed E-state index contributed by atoms with van der Waals surface area (Å²) in [5.41, 5.74) is 0. The maximum absolute atomic E-state index is 5.76. The van der Waals surface area contributed by atoms with Crippen LogP contribution in [0.1, 0.15) is 5.01 Å². The monoisotopic (exact) mass is 243 g/mol. The highest BCUT2D eigenvalue weighted by Gasteiger charge is 1.98. The third kappa shape index (κ3) is 3.26. The lowest BCUT2D eigenvalue weighted by atomic mass is 10.5. The molecule has 0 saturated heterocycles. The zero-order valence-electron chi connectivity index (χ0n) is 7.93. The molecule has 0 saturated carbocycles. The van der Waals surface area contributed by atoms with Gasteiger partial charge in [-0.25, -0.2) is 4.98 Å². The molecule has 0 amide bonds. The Morgan fingerprint density at radius 1 is 1.53 bits per heavy atom. The van der Waals surface area contributed by atoms with Crippen LogP contribution in [0.4, 0.5) is 0 Å². The van der Waals surface area contributed by atoms with E-state index >= 15 is 0 Å². The second-order valence-electron chi connectivity index (χ2n) is 2.90. The van der Waals surface area contributed by atoms with Crippen LogP contribution in [0.2, 0.25) is 4.34 Å². The summed E-state index contributed by atoms with van der Waals surface area (Å²) < 4.78 is 2.50. The third-order valence-corrected chi connectivity index (χ3v) is 2.91. The Kier molecular flexibility index (Phi) is 3.65. The van der Waals surface area contributed by atoms with Crippen LogP contribution in [0, 0.1) is 0 Å². The fraction of sp³-hybridized carbons (Fsp3) is 0.375. The van der Waals surface area contributed by atoms with Gasteiger partial charge in [-0.05, 0) is 0 Å². The minimum atomic E-state index is 0.725. The molecule has 0 unspecified atom stereocenters. The Morgan fingerprint density at radius 2 is 2.47 bits per heavy atom. The Labute approximate surface area is 96.1 Å². The average molecular weight is 244 g/mol. The minimum absolute atomic E-state index is 0.725. The number of halogens is 1. The number of aromatic nitrogens is 4. The fourth-order valence-corrected chi connectivity index (χ4v) is 2.04. The number of nitrogens with one attached hydrogen (secondary N) is 1.